The lowest BCUT2D eigenvalue weighted by Gasteiger charge is -2.28. The first-order valence-electron chi connectivity index (χ1n) is 9.11. The van der Waals surface area contributed by atoms with E-state index in [2.05, 4.69) is 10.2 Å². The molecular formula is C16H31N2O9P. The van der Waals surface area contributed by atoms with Crippen molar-refractivity contribution in [3.05, 3.63) is 0 Å². The first-order chi connectivity index (χ1) is 13.1. The lowest BCUT2D eigenvalue weighted by molar-refractivity contribution is -0.142. The Hall–Kier alpha value is -1.07. The Balaban J connectivity index is 2.72. The van der Waals surface area contributed by atoms with Crippen molar-refractivity contribution in [1.82, 2.24) is 10.2 Å². The molecule has 1 rings (SSSR count). The van der Waals surface area contributed by atoms with Gasteiger partial charge in [-0.05, 0) is 26.2 Å². The van der Waals surface area contributed by atoms with Gasteiger partial charge in [-0.1, -0.05) is 6.92 Å². The summed E-state index contributed by atoms with van der Waals surface area (Å²) in [7, 11) is -2.59. The Morgan fingerprint density at radius 3 is 2.00 bits per heavy atom. The van der Waals surface area contributed by atoms with Gasteiger partial charge in [-0.3, -0.25) is 14.2 Å². The standard InChI is InChI=1S/C16H31N2O9P/c1-5-25-13(19)8-17-28(23,18-9-14(20)26-6-2)27-10-12(24-4)15(21)16(22)7-11(16)3/h11-12,15,21-22H,5-10H2,1-4H3,(H2,17,18,23)/t11?,12?,15?,16-/m1/s1. The van der Waals surface area contributed by atoms with Gasteiger partial charge in [-0.25, -0.2) is 10.2 Å². The molecule has 0 radical (unpaired) electrons. The summed E-state index contributed by atoms with van der Waals surface area (Å²) in [5, 5.41) is 25.4. The van der Waals surface area contributed by atoms with Gasteiger partial charge in [-0.2, -0.15) is 0 Å². The minimum absolute atomic E-state index is 0.101. The number of esters is 2. The minimum Gasteiger partial charge on any atom is -0.465 e. The van der Waals surface area contributed by atoms with Gasteiger partial charge in [0.1, 0.15) is 25.3 Å². The summed E-state index contributed by atoms with van der Waals surface area (Å²) in [4.78, 5) is 23.1. The van der Waals surface area contributed by atoms with Crippen LogP contribution in [0.25, 0.3) is 0 Å². The molecule has 164 valence electrons. The molecule has 11 nitrogen and oxygen atoms in total. The average Bonchev–Trinajstić information content (AvgIpc) is 3.27. The monoisotopic (exact) mass is 426 g/mol. The number of aliphatic hydroxyl groups is 2. The summed E-state index contributed by atoms with van der Waals surface area (Å²) in [5.41, 5.74) is -1.29. The normalized spacial score (nSPS) is 23.7. The third kappa shape index (κ3) is 7.40. The molecule has 0 spiro atoms. The topological polar surface area (TPSA) is 153 Å². The van der Waals surface area contributed by atoms with Crippen LogP contribution in [0.15, 0.2) is 0 Å². The maximum Gasteiger partial charge on any atom is 0.341 e. The summed E-state index contributed by atoms with van der Waals surface area (Å²) in [6, 6.07) is 0. The highest BCUT2D eigenvalue weighted by atomic mass is 31.2. The van der Waals surface area contributed by atoms with E-state index in [9.17, 15) is 24.4 Å². The van der Waals surface area contributed by atoms with Gasteiger partial charge in [-0.15, -0.1) is 0 Å². The summed E-state index contributed by atoms with van der Waals surface area (Å²) in [6.45, 7) is 4.11. The van der Waals surface area contributed by atoms with E-state index in [1.807, 2.05) is 0 Å². The van der Waals surface area contributed by atoms with E-state index in [0.717, 1.165) is 0 Å². The van der Waals surface area contributed by atoms with E-state index in [1.165, 1.54) is 7.11 Å². The molecule has 3 unspecified atom stereocenters. The minimum atomic E-state index is -3.90. The molecule has 4 atom stereocenters. The number of hydrogen-bond donors (Lipinski definition) is 4. The van der Waals surface area contributed by atoms with Crippen molar-refractivity contribution < 1.29 is 43.1 Å². The molecule has 0 amide bonds. The predicted octanol–water partition coefficient (Wildman–Crippen LogP) is -0.437. The van der Waals surface area contributed by atoms with Crippen LogP contribution in [-0.4, -0.2) is 80.0 Å². The van der Waals surface area contributed by atoms with Crippen molar-refractivity contribution >= 4 is 19.6 Å². The lowest BCUT2D eigenvalue weighted by atomic mass is 10.1. The van der Waals surface area contributed by atoms with E-state index < -0.39 is 50.5 Å². The van der Waals surface area contributed by atoms with Crippen molar-refractivity contribution in [3.63, 3.8) is 0 Å². The highest BCUT2D eigenvalue weighted by Gasteiger charge is 2.57. The highest BCUT2D eigenvalue weighted by molar-refractivity contribution is 7.54. The van der Waals surface area contributed by atoms with Crippen molar-refractivity contribution in [2.45, 2.75) is 45.0 Å². The van der Waals surface area contributed by atoms with Crippen molar-refractivity contribution in [2.75, 3.05) is 40.0 Å². The van der Waals surface area contributed by atoms with Crippen molar-refractivity contribution in [3.8, 4) is 0 Å². The fourth-order valence-electron chi connectivity index (χ4n) is 2.54. The van der Waals surface area contributed by atoms with Crippen LogP contribution in [0.2, 0.25) is 0 Å². The fourth-order valence-corrected chi connectivity index (χ4v) is 3.87. The number of aliphatic hydroxyl groups excluding tert-OH is 1. The van der Waals surface area contributed by atoms with Crippen LogP contribution in [-0.2, 0) is 32.9 Å². The molecule has 0 aromatic heterocycles. The summed E-state index contributed by atoms with van der Waals surface area (Å²) in [6.07, 6.45) is -1.82. The van der Waals surface area contributed by atoms with Gasteiger partial charge < -0.3 is 28.9 Å². The van der Waals surface area contributed by atoms with Gasteiger partial charge >= 0.3 is 19.6 Å². The van der Waals surface area contributed by atoms with Gasteiger partial charge in [0.15, 0.2) is 0 Å². The molecular weight excluding hydrogens is 395 g/mol. The zero-order valence-corrected chi connectivity index (χ0v) is 17.6. The first-order valence-corrected chi connectivity index (χ1v) is 10.7. The third-order valence-corrected chi connectivity index (χ3v) is 6.05. The number of ether oxygens (including phenoxy) is 3. The van der Waals surface area contributed by atoms with E-state index in [1.54, 1.807) is 20.8 Å². The summed E-state index contributed by atoms with van der Waals surface area (Å²) < 4.78 is 33.0. The maximum absolute atomic E-state index is 12.9. The number of rotatable bonds is 14. The fraction of sp³-hybridized carbons (Fsp3) is 0.875. The maximum atomic E-state index is 12.9. The quantitative estimate of drug-likeness (QED) is 0.211. The van der Waals surface area contributed by atoms with E-state index in [0.29, 0.717) is 6.42 Å². The van der Waals surface area contributed by atoms with Crippen LogP contribution in [0.5, 0.6) is 0 Å². The molecule has 1 saturated carbocycles. The molecule has 0 aromatic rings. The first kappa shape index (κ1) is 25.0. The molecule has 0 bridgehead atoms. The van der Waals surface area contributed by atoms with Crippen LogP contribution in [0.3, 0.4) is 0 Å². The molecule has 4 N–H and O–H groups in total. The zero-order valence-electron chi connectivity index (χ0n) is 16.7. The van der Waals surface area contributed by atoms with Crippen LogP contribution < -0.4 is 10.2 Å². The number of carbonyl (C=O) groups excluding carboxylic acids is 2. The number of nitrogens with one attached hydrogen (secondary N) is 2. The molecule has 1 aliphatic rings. The number of hydrogen-bond acceptors (Lipinski definition) is 9. The largest absolute Gasteiger partial charge is 0.465 e. The Morgan fingerprint density at radius 2 is 1.64 bits per heavy atom. The Morgan fingerprint density at radius 1 is 1.18 bits per heavy atom. The van der Waals surface area contributed by atoms with Crippen LogP contribution in [0, 0.1) is 5.92 Å². The molecule has 12 heteroatoms. The molecule has 1 aliphatic carbocycles. The van der Waals surface area contributed by atoms with E-state index >= 15 is 0 Å². The van der Waals surface area contributed by atoms with Crippen LogP contribution in [0.4, 0.5) is 0 Å². The lowest BCUT2D eigenvalue weighted by Crippen LogP contribution is -2.44. The molecule has 28 heavy (non-hydrogen) atoms. The highest BCUT2D eigenvalue weighted by Crippen LogP contribution is 2.47. The van der Waals surface area contributed by atoms with Gasteiger partial charge in [0.05, 0.1) is 25.4 Å². The third-order valence-electron chi connectivity index (χ3n) is 4.39. The Labute approximate surface area is 164 Å². The summed E-state index contributed by atoms with van der Waals surface area (Å²) >= 11 is 0. The SMILES string of the molecule is CCOC(=O)CNP(=O)(NCC(=O)OCC)OCC(OC)C(O)[C@@]1(O)CC1C. The zero-order chi connectivity index (χ0) is 21.4. The second kappa shape index (κ2) is 11.2. The van der Waals surface area contributed by atoms with E-state index in [4.69, 9.17) is 18.7 Å². The molecule has 0 aromatic carbocycles. The molecule has 1 fully saturated rings. The summed E-state index contributed by atoms with van der Waals surface area (Å²) in [5.74, 6) is -1.42. The van der Waals surface area contributed by atoms with Gasteiger partial charge in [0, 0.05) is 7.11 Å². The van der Waals surface area contributed by atoms with Crippen LogP contribution in [0.1, 0.15) is 27.2 Å². The van der Waals surface area contributed by atoms with Crippen molar-refractivity contribution in [2.24, 2.45) is 5.92 Å². The number of carbonyl (C=O) groups is 2. The smallest absolute Gasteiger partial charge is 0.341 e. The average molecular weight is 426 g/mol. The van der Waals surface area contributed by atoms with Crippen LogP contribution >= 0.6 is 7.67 Å². The second-order valence-electron chi connectivity index (χ2n) is 6.44. The molecule has 0 saturated heterocycles. The Bertz CT molecular complexity index is 550. The predicted molar refractivity (Wildman–Crippen MR) is 98.4 cm³/mol. The van der Waals surface area contributed by atoms with Gasteiger partial charge in [0.2, 0.25) is 0 Å². The number of methoxy groups -OCH3 is 1. The van der Waals surface area contributed by atoms with Gasteiger partial charge in [0.25, 0.3) is 0 Å². The van der Waals surface area contributed by atoms with Crippen molar-refractivity contribution in [1.29, 1.82) is 0 Å². The molecule has 0 aliphatic heterocycles. The second-order valence-corrected chi connectivity index (χ2v) is 8.44. The Kier molecular flexibility index (Phi) is 9.99. The van der Waals surface area contributed by atoms with E-state index in [-0.39, 0.29) is 25.7 Å². The molecule has 0 heterocycles.